The van der Waals surface area contributed by atoms with Crippen molar-refractivity contribution in [2.45, 2.75) is 39.5 Å². The van der Waals surface area contributed by atoms with E-state index in [1.165, 1.54) is 25.7 Å². The Morgan fingerprint density at radius 3 is 1.85 bits per heavy atom. The Balaban J connectivity index is 2.30. The van der Waals surface area contributed by atoms with Crippen molar-refractivity contribution in [3.63, 3.8) is 0 Å². The second-order valence-electron chi connectivity index (χ2n) is 4.33. The Kier molecular flexibility index (Phi) is 2.15. The predicted molar refractivity (Wildman–Crippen MR) is 56.9 cm³/mol. The molecule has 0 fully saturated rings. The van der Waals surface area contributed by atoms with Gasteiger partial charge in [-0.2, -0.15) is 0 Å². The van der Waals surface area contributed by atoms with Crippen LogP contribution in [-0.4, -0.2) is 0 Å². The maximum Gasteiger partial charge on any atom is -0.0216 e. The van der Waals surface area contributed by atoms with Crippen molar-refractivity contribution in [3.05, 3.63) is 35.4 Å². The molecule has 0 heteroatoms. The predicted octanol–water partition coefficient (Wildman–Crippen LogP) is 3.59. The van der Waals surface area contributed by atoms with Gasteiger partial charge in [-0.05, 0) is 42.2 Å². The van der Waals surface area contributed by atoms with Gasteiger partial charge in [-0.3, -0.25) is 0 Å². The normalized spacial score (nSPS) is 18.6. The van der Waals surface area contributed by atoms with Crippen molar-refractivity contribution in [2.24, 2.45) is 5.41 Å². The zero-order chi connectivity index (χ0) is 9.31. The Morgan fingerprint density at radius 1 is 1.00 bits per heavy atom. The molecule has 0 spiro atoms. The lowest BCUT2D eigenvalue weighted by atomic mass is 9.80. The molecule has 0 aromatic heterocycles. The first-order valence-corrected chi connectivity index (χ1v) is 5.36. The summed E-state index contributed by atoms with van der Waals surface area (Å²) in [5.74, 6) is 0. The van der Waals surface area contributed by atoms with E-state index in [4.69, 9.17) is 0 Å². The van der Waals surface area contributed by atoms with Gasteiger partial charge >= 0.3 is 0 Å². The zero-order valence-electron chi connectivity index (χ0n) is 8.64. The van der Waals surface area contributed by atoms with Crippen LogP contribution in [0.25, 0.3) is 0 Å². The highest BCUT2D eigenvalue weighted by Crippen LogP contribution is 2.41. The summed E-state index contributed by atoms with van der Waals surface area (Å²) in [5, 5.41) is 0. The Labute approximate surface area is 81.0 Å². The summed E-state index contributed by atoms with van der Waals surface area (Å²) >= 11 is 0. The molecular formula is C13H18. The average molecular weight is 174 g/mol. The average Bonchev–Trinajstić information content (AvgIpc) is 2.57. The smallest absolute Gasteiger partial charge is 0.0216 e. The molecule has 1 aliphatic carbocycles. The van der Waals surface area contributed by atoms with E-state index in [0.717, 1.165) is 0 Å². The summed E-state index contributed by atoms with van der Waals surface area (Å²) in [6.45, 7) is 4.66. The Bertz CT molecular complexity index is 268. The molecule has 0 atom stereocenters. The van der Waals surface area contributed by atoms with Gasteiger partial charge < -0.3 is 0 Å². The second kappa shape index (κ2) is 3.17. The zero-order valence-corrected chi connectivity index (χ0v) is 8.64. The molecule has 13 heavy (non-hydrogen) atoms. The molecule has 0 amide bonds. The van der Waals surface area contributed by atoms with Crippen molar-refractivity contribution in [1.82, 2.24) is 0 Å². The van der Waals surface area contributed by atoms with Gasteiger partial charge in [0.15, 0.2) is 0 Å². The van der Waals surface area contributed by atoms with Crippen LogP contribution in [0.1, 0.15) is 37.8 Å². The van der Waals surface area contributed by atoms with Crippen molar-refractivity contribution in [3.8, 4) is 0 Å². The van der Waals surface area contributed by atoms with Gasteiger partial charge in [-0.25, -0.2) is 0 Å². The topological polar surface area (TPSA) is 0 Å². The lowest BCUT2D eigenvalue weighted by Gasteiger charge is -2.25. The first-order valence-electron chi connectivity index (χ1n) is 5.36. The van der Waals surface area contributed by atoms with Gasteiger partial charge in [0.05, 0.1) is 0 Å². The molecule has 70 valence electrons. The Morgan fingerprint density at radius 2 is 1.46 bits per heavy atom. The van der Waals surface area contributed by atoms with Crippen LogP contribution in [0.5, 0.6) is 0 Å². The van der Waals surface area contributed by atoms with E-state index in [9.17, 15) is 0 Å². The summed E-state index contributed by atoms with van der Waals surface area (Å²) in [6.07, 6.45) is 5.24. The molecule has 0 saturated carbocycles. The molecule has 1 aromatic carbocycles. The van der Waals surface area contributed by atoms with Crippen LogP contribution in [0.15, 0.2) is 24.3 Å². The summed E-state index contributed by atoms with van der Waals surface area (Å²) in [6, 6.07) is 8.92. The quantitative estimate of drug-likeness (QED) is 0.642. The highest BCUT2D eigenvalue weighted by atomic mass is 14.4. The number of fused-ring (bicyclic) bond motifs is 1. The lowest BCUT2D eigenvalue weighted by molar-refractivity contribution is 0.280. The number of hydrogen-bond acceptors (Lipinski definition) is 0. The lowest BCUT2D eigenvalue weighted by Crippen LogP contribution is -2.18. The first kappa shape index (κ1) is 8.80. The second-order valence-corrected chi connectivity index (χ2v) is 4.33. The largest absolute Gasteiger partial charge is 0.0648 e. The Hall–Kier alpha value is -0.780. The molecule has 0 aliphatic heterocycles. The van der Waals surface area contributed by atoms with Crippen molar-refractivity contribution >= 4 is 0 Å². The van der Waals surface area contributed by atoms with Gasteiger partial charge in [-0.1, -0.05) is 38.1 Å². The molecule has 1 aromatic rings. The molecule has 0 radical (unpaired) electrons. The van der Waals surface area contributed by atoms with Crippen LogP contribution in [-0.2, 0) is 12.8 Å². The highest BCUT2D eigenvalue weighted by Gasteiger charge is 2.33. The third-order valence-electron chi connectivity index (χ3n) is 3.75. The van der Waals surface area contributed by atoms with Gasteiger partial charge in [0.25, 0.3) is 0 Å². The fourth-order valence-corrected chi connectivity index (χ4v) is 2.52. The van der Waals surface area contributed by atoms with Crippen molar-refractivity contribution in [1.29, 1.82) is 0 Å². The summed E-state index contributed by atoms with van der Waals surface area (Å²) < 4.78 is 0. The minimum Gasteiger partial charge on any atom is -0.0648 e. The summed E-state index contributed by atoms with van der Waals surface area (Å²) in [5.41, 5.74) is 3.77. The SMILES string of the molecule is CCC1(CC)Cc2ccccc2C1. The molecule has 0 N–H and O–H groups in total. The van der Waals surface area contributed by atoms with Gasteiger partial charge in [-0.15, -0.1) is 0 Å². The minimum absolute atomic E-state index is 0.587. The third kappa shape index (κ3) is 1.39. The monoisotopic (exact) mass is 174 g/mol. The first-order chi connectivity index (χ1) is 6.29. The summed E-state index contributed by atoms with van der Waals surface area (Å²) in [7, 11) is 0. The van der Waals surface area contributed by atoms with E-state index in [1.54, 1.807) is 11.1 Å². The van der Waals surface area contributed by atoms with Crippen molar-refractivity contribution in [2.75, 3.05) is 0 Å². The van der Waals surface area contributed by atoms with Crippen LogP contribution < -0.4 is 0 Å². The van der Waals surface area contributed by atoms with Gasteiger partial charge in [0.2, 0.25) is 0 Å². The fraction of sp³-hybridized carbons (Fsp3) is 0.538. The number of hydrogen-bond donors (Lipinski definition) is 0. The summed E-state index contributed by atoms with van der Waals surface area (Å²) in [4.78, 5) is 0. The van der Waals surface area contributed by atoms with E-state index < -0.39 is 0 Å². The van der Waals surface area contributed by atoms with E-state index >= 15 is 0 Å². The maximum absolute atomic E-state index is 2.33. The van der Waals surface area contributed by atoms with Gasteiger partial charge in [0.1, 0.15) is 0 Å². The van der Waals surface area contributed by atoms with E-state index in [0.29, 0.717) is 5.41 Å². The number of rotatable bonds is 2. The van der Waals surface area contributed by atoms with Gasteiger partial charge in [0, 0.05) is 0 Å². The molecule has 1 aliphatic rings. The molecule has 2 rings (SSSR count). The van der Waals surface area contributed by atoms with Crippen LogP contribution >= 0.6 is 0 Å². The molecule has 0 saturated heterocycles. The molecule has 0 unspecified atom stereocenters. The molecule has 0 heterocycles. The van der Waals surface area contributed by atoms with Crippen LogP contribution in [0.3, 0.4) is 0 Å². The van der Waals surface area contributed by atoms with E-state index in [1.807, 2.05) is 0 Å². The molecule has 0 nitrogen and oxygen atoms in total. The number of benzene rings is 1. The van der Waals surface area contributed by atoms with Crippen LogP contribution in [0.2, 0.25) is 0 Å². The van der Waals surface area contributed by atoms with E-state index in [2.05, 4.69) is 38.1 Å². The maximum atomic E-state index is 2.33. The molecular weight excluding hydrogens is 156 g/mol. The standard InChI is InChI=1S/C13H18/c1-3-13(4-2)9-11-7-5-6-8-12(11)10-13/h5-8H,3-4,9-10H2,1-2H3. The third-order valence-corrected chi connectivity index (χ3v) is 3.75. The minimum atomic E-state index is 0.587. The van der Waals surface area contributed by atoms with Crippen molar-refractivity contribution < 1.29 is 0 Å². The van der Waals surface area contributed by atoms with Crippen LogP contribution in [0, 0.1) is 5.41 Å². The van der Waals surface area contributed by atoms with E-state index in [-0.39, 0.29) is 0 Å². The molecule has 0 bridgehead atoms. The van der Waals surface area contributed by atoms with Crippen LogP contribution in [0.4, 0.5) is 0 Å². The fourth-order valence-electron chi connectivity index (χ4n) is 2.52. The highest BCUT2D eigenvalue weighted by molar-refractivity contribution is 5.34.